The van der Waals surface area contributed by atoms with Gasteiger partial charge in [-0.05, 0) is 62.6 Å². The molecule has 1 saturated heterocycles. The summed E-state index contributed by atoms with van der Waals surface area (Å²) in [6, 6.07) is 8.78. The topological polar surface area (TPSA) is 30.5 Å². The van der Waals surface area contributed by atoms with E-state index in [2.05, 4.69) is 24.0 Å². The Labute approximate surface area is 158 Å². The van der Waals surface area contributed by atoms with Crippen molar-refractivity contribution in [1.82, 2.24) is 5.32 Å². The van der Waals surface area contributed by atoms with E-state index in [1.165, 1.54) is 18.4 Å². The van der Waals surface area contributed by atoms with Crippen LogP contribution in [-0.4, -0.2) is 25.8 Å². The van der Waals surface area contributed by atoms with Crippen molar-refractivity contribution in [3.05, 3.63) is 78.1 Å². The van der Waals surface area contributed by atoms with Crippen LogP contribution in [0.4, 0.5) is 0 Å². The molecule has 0 bridgehead atoms. The fraction of sp³-hybridized carbons (Fsp3) is 0.391. The lowest BCUT2D eigenvalue weighted by Crippen LogP contribution is -2.28. The zero-order valence-corrected chi connectivity index (χ0v) is 16.0. The van der Waals surface area contributed by atoms with Gasteiger partial charge in [0.15, 0.2) is 0 Å². The highest BCUT2D eigenvalue weighted by Crippen LogP contribution is 2.17. The Kier molecular flexibility index (Phi) is 8.77. The van der Waals surface area contributed by atoms with Crippen molar-refractivity contribution >= 4 is 0 Å². The maximum absolute atomic E-state index is 5.94. The van der Waals surface area contributed by atoms with Gasteiger partial charge in [0.05, 0.1) is 5.76 Å². The van der Waals surface area contributed by atoms with Crippen LogP contribution in [0.25, 0.3) is 0 Å². The summed E-state index contributed by atoms with van der Waals surface area (Å²) in [6.45, 7) is 10.2. The predicted molar refractivity (Wildman–Crippen MR) is 109 cm³/mol. The van der Waals surface area contributed by atoms with Gasteiger partial charge in [-0.15, -0.1) is 0 Å². The number of rotatable bonds is 10. The summed E-state index contributed by atoms with van der Waals surface area (Å²) in [7, 11) is 0. The summed E-state index contributed by atoms with van der Waals surface area (Å²) >= 11 is 0. The van der Waals surface area contributed by atoms with E-state index in [1.54, 1.807) is 0 Å². The molecule has 2 rings (SSSR count). The normalized spacial score (nSPS) is 18.3. The summed E-state index contributed by atoms with van der Waals surface area (Å²) < 4.78 is 11.8. The quantitative estimate of drug-likeness (QED) is 0.476. The van der Waals surface area contributed by atoms with Crippen LogP contribution in [0.15, 0.2) is 72.6 Å². The summed E-state index contributed by atoms with van der Waals surface area (Å²) in [5.74, 6) is 1.88. The average Bonchev–Trinajstić information content (AvgIpc) is 3.20. The van der Waals surface area contributed by atoms with Crippen LogP contribution in [0.3, 0.4) is 0 Å². The van der Waals surface area contributed by atoms with Gasteiger partial charge in [0, 0.05) is 12.5 Å². The van der Waals surface area contributed by atoms with E-state index in [0.717, 1.165) is 36.7 Å². The largest absolute Gasteiger partial charge is 0.493 e. The fourth-order valence-electron chi connectivity index (χ4n) is 2.81. The van der Waals surface area contributed by atoms with Gasteiger partial charge in [0.25, 0.3) is 0 Å². The zero-order chi connectivity index (χ0) is 18.6. The highest BCUT2D eigenvalue weighted by molar-refractivity contribution is 5.29. The number of hydrogen-bond acceptors (Lipinski definition) is 3. The van der Waals surface area contributed by atoms with Crippen LogP contribution in [0, 0.1) is 0 Å². The Bertz CT molecular complexity index is 635. The molecular weight excluding hydrogens is 322 g/mol. The monoisotopic (exact) mass is 353 g/mol. The molecular formula is C23H31NO2. The first kappa shape index (κ1) is 20.1. The highest BCUT2D eigenvalue weighted by Gasteiger charge is 2.14. The predicted octanol–water partition coefficient (Wildman–Crippen LogP) is 4.97. The van der Waals surface area contributed by atoms with Crippen molar-refractivity contribution in [2.24, 2.45) is 0 Å². The molecule has 1 aromatic rings. The zero-order valence-electron chi connectivity index (χ0n) is 16.0. The van der Waals surface area contributed by atoms with Crippen LogP contribution in [-0.2, 0) is 11.2 Å². The third kappa shape index (κ3) is 6.93. The van der Waals surface area contributed by atoms with Crippen molar-refractivity contribution in [2.75, 3.05) is 19.8 Å². The molecule has 1 atom stereocenters. The van der Waals surface area contributed by atoms with E-state index in [0.29, 0.717) is 12.6 Å². The number of hydrogen-bond donors (Lipinski definition) is 1. The lowest BCUT2D eigenvalue weighted by atomic mass is 10.1. The molecule has 1 N–H and O–H groups in total. The van der Waals surface area contributed by atoms with Gasteiger partial charge < -0.3 is 14.8 Å². The molecule has 140 valence electrons. The lowest BCUT2D eigenvalue weighted by molar-refractivity contribution is 0.235. The van der Waals surface area contributed by atoms with Crippen molar-refractivity contribution in [2.45, 2.75) is 39.2 Å². The first-order chi connectivity index (χ1) is 12.7. The molecule has 0 spiro atoms. The minimum absolute atomic E-state index is 0.493. The number of ether oxygens (including phenoxy) is 2. The molecule has 1 aliphatic rings. The lowest BCUT2D eigenvalue weighted by Gasteiger charge is -2.13. The minimum Gasteiger partial charge on any atom is -0.493 e. The van der Waals surface area contributed by atoms with E-state index in [4.69, 9.17) is 9.47 Å². The fourth-order valence-corrected chi connectivity index (χ4v) is 2.81. The number of benzene rings is 1. The molecule has 3 nitrogen and oxygen atoms in total. The number of allylic oxidation sites excluding steroid dienone is 5. The Morgan fingerprint density at radius 3 is 2.69 bits per heavy atom. The molecule has 0 aliphatic carbocycles. The molecule has 1 aromatic carbocycles. The van der Waals surface area contributed by atoms with Gasteiger partial charge >= 0.3 is 0 Å². The molecule has 0 radical (unpaired) electrons. The van der Waals surface area contributed by atoms with Gasteiger partial charge in [0.2, 0.25) is 0 Å². The van der Waals surface area contributed by atoms with Crippen LogP contribution in [0.1, 0.15) is 32.3 Å². The first-order valence-corrected chi connectivity index (χ1v) is 9.42. The number of nitrogens with one attached hydrogen (secondary N) is 1. The molecule has 1 aliphatic heterocycles. The van der Waals surface area contributed by atoms with Crippen LogP contribution in [0.5, 0.6) is 5.75 Å². The SMILES string of the molecule is C=C/C(=C\C=C/C)CO/C(=C\C)Cc1ccc(OC[C@H]2CCCN2)cc1. The highest BCUT2D eigenvalue weighted by atomic mass is 16.5. The maximum atomic E-state index is 5.94. The second kappa shape index (κ2) is 11.4. The third-order valence-corrected chi connectivity index (χ3v) is 4.43. The summed E-state index contributed by atoms with van der Waals surface area (Å²) in [4.78, 5) is 0. The standard InChI is InChI=1S/C23H31NO2/c1-4-7-9-19(5-2)17-25-22(6-3)16-20-11-13-23(14-12-20)26-18-21-10-8-15-24-21/h4-7,9,11-14,21,24H,2,8,10,15-18H2,1,3H3/b7-4-,19-9+,22-6-/t21-/m1/s1. The molecule has 0 amide bonds. The van der Waals surface area contributed by atoms with Crippen LogP contribution >= 0.6 is 0 Å². The van der Waals surface area contributed by atoms with E-state index in [1.807, 2.05) is 56.4 Å². The van der Waals surface area contributed by atoms with Crippen molar-refractivity contribution in [1.29, 1.82) is 0 Å². The Hall–Kier alpha value is -2.26. The van der Waals surface area contributed by atoms with Crippen molar-refractivity contribution in [3.8, 4) is 5.75 Å². The third-order valence-electron chi connectivity index (χ3n) is 4.43. The van der Waals surface area contributed by atoms with Crippen LogP contribution < -0.4 is 10.1 Å². The van der Waals surface area contributed by atoms with Gasteiger partial charge in [-0.2, -0.15) is 0 Å². The summed E-state index contributed by atoms with van der Waals surface area (Å²) in [5.41, 5.74) is 2.27. The average molecular weight is 354 g/mol. The van der Waals surface area contributed by atoms with E-state index in [9.17, 15) is 0 Å². The molecule has 1 heterocycles. The smallest absolute Gasteiger partial charge is 0.119 e. The van der Waals surface area contributed by atoms with E-state index >= 15 is 0 Å². The molecule has 0 unspecified atom stereocenters. The minimum atomic E-state index is 0.493. The van der Waals surface area contributed by atoms with Gasteiger partial charge in [0.1, 0.15) is 19.0 Å². The van der Waals surface area contributed by atoms with Crippen molar-refractivity contribution in [3.63, 3.8) is 0 Å². The molecule has 0 aromatic heterocycles. The van der Waals surface area contributed by atoms with Gasteiger partial charge in [-0.1, -0.05) is 43.0 Å². The molecule has 3 heteroatoms. The van der Waals surface area contributed by atoms with Gasteiger partial charge in [-0.3, -0.25) is 0 Å². The van der Waals surface area contributed by atoms with E-state index < -0.39 is 0 Å². The Balaban J connectivity index is 1.82. The van der Waals surface area contributed by atoms with Crippen LogP contribution in [0.2, 0.25) is 0 Å². The molecule has 26 heavy (non-hydrogen) atoms. The molecule has 1 fully saturated rings. The van der Waals surface area contributed by atoms with Gasteiger partial charge in [-0.25, -0.2) is 0 Å². The summed E-state index contributed by atoms with van der Waals surface area (Å²) in [6.07, 6.45) is 13.1. The Morgan fingerprint density at radius 2 is 2.08 bits per heavy atom. The summed E-state index contributed by atoms with van der Waals surface area (Å²) in [5, 5.41) is 3.45. The maximum Gasteiger partial charge on any atom is 0.119 e. The van der Waals surface area contributed by atoms with Crippen molar-refractivity contribution < 1.29 is 9.47 Å². The molecule has 0 saturated carbocycles. The Morgan fingerprint density at radius 1 is 1.27 bits per heavy atom. The second-order valence-electron chi connectivity index (χ2n) is 6.44. The first-order valence-electron chi connectivity index (χ1n) is 9.42. The van der Waals surface area contributed by atoms with E-state index in [-0.39, 0.29) is 0 Å². The second-order valence-corrected chi connectivity index (χ2v) is 6.44.